The summed E-state index contributed by atoms with van der Waals surface area (Å²) in [6.45, 7) is 7.00. The van der Waals surface area contributed by atoms with Crippen molar-refractivity contribution in [2.75, 3.05) is 26.2 Å². The van der Waals surface area contributed by atoms with Crippen molar-refractivity contribution in [1.82, 2.24) is 14.4 Å². The van der Waals surface area contributed by atoms with Gasteiger partial charge in [-0.3, -0.25) is 4.90 Å². The van der Waals surface area contributed by atoms with Gasteiger partial charge in [-0.15, -0.1) is 0 Å². The second kappa shape index (κ2) is 6.43. The Morgan fingerprint density at radius 1 is 1.09 bits per heavy atom. The van der Waals surface area contributed by atoms with Gasteiger partial charge in [0.05, 0.1) is 10.6 Å². The summed E-state index contributed by atoms with van der Waals surface area (Å²) in [5, 5.41) is 3.97. The quantitative estimate of drug-likeness (QED) is 0.852. The van der Waals surface area contributed by atoms with Crippen molar-refractivity contribution in [3.63, 3.8) is 0 Å². The number of rotatable bonds is 4. The van der Waals surface area contributed by atoms with Gasteiger partial charge in [-0.1, -0.05) is 23.4 Å². The Bertz CT molecular complexity index is 744. The normalized spacial score (nSPS) is 17.5. The molecule has 0 saturated carbocycles. The fourth-order valence-electron chi connectivity index (χ4n) is 2.82. The maximum absolute atomic E-state index is 12.6. The van der Waals surface area contributed by atoms with E-state index >= 15 is 0 Å². The molecule has 1 fully saturated rings. The Hall–Kier alpha value is -1.70. The van der Waals surface area contributed by atoms with Crippen LogP contribution in [0.2, 0.25) is 0 Å². The van der Waals surface area contributed by atoms with Gasteiger partial charge in [-0.05, 0) is 26.0 Å². The molecule has 0 N–H and O–H groups in total. The lowest BCUT2D eigenvalue weighted by atomic mass is 10.2. The number of hydrogen-bond donors (Lipinski definition) is 0. The lowest BCUT2D eigenvalue weighted by molar-refractivity contribution is 0.180. The lowest BCUT2D eigenvalue weighted by Crippen LogP contribution is -2.48. The molecule has 0 aliphatic carbocycles. The molecule has 1 aromatic heterocycles. The van der Waals surface area contributed by atoms with E-state index in [1.165, 1.54) is 0 Å². The van der Waals surface area contributed by atoms with E-state index < -0.39 is 10.0 Å². The number of aryl methyl sites for hydroxylation is 2. The third-order valence-electron chi connectivity index (χ3n) is 4.28. The van der Waals surface area contributed by atoms with Gasteiger partial charge in [0.2, 0.25) is 10.0 Å². The molecule has 1 aliphatic rings. The second-order valence-corrected chi connectivity index (χ2v) is 7.73. The van der Waals surface area contributed by atoms with Gasteiger partial charge >= 0.3 is 0 Å². The predicted molar refractivity (Wildman–Crippen MR) is 86.5 cm³/mol. The maximum atomic E-state index is 12.6. The summed E-state index contributed by atoms with van der Waals surface area (Å²) in [4.78, 5) is 2.60. The SMILES string of the molecule is Cc1noc(C)c1CN1CCN(S(=O)(=O)c2ccccc2)CC1. The van der Waals surface area contributed by atoms with E-state index in [1.807, 2.05) is 19.9 Å². The first-order chi connectivity index (χ1) is 11.0. The van der Waals surface area contributed by atoms with Gasteiger partial charge in [0, 0.05) is 38.3 Å². The second-order valence-electron chi connectivity index (χ2n) is 5.80. The van der Waals surface area contributed by atoms with Crippen LogP contribution in [0.15, 0.2) is 39.8 Å². The molecule has 1 aliphatic heterocycles. The molecule has 0 amide bonds. The highest BCUT2D eigenvalue weighted by Crippen LogP contribution is 2.20. The molecule has 0 spiro atoms. The summed E-state index contributed by atoms with van der Waals surface area (Å²) in [5.74, 6) is 0.835. The van der Waals surface area contributed by atoms with Gasteiger partial charge in [0.1, 0.15) is 5.76 Å². The third kappa shape index (κ3) is 3.31. The first kappa shape index (κ1) is 16.2. The van der Waals surface area contributed by atoms with Crippen molar-refractivity contribution in [2.24, 2.45) is 0 Å². The van der Waals surface area contributed by atoms with E-state index in [0.29, 0.717) is 31.1 Å². The van der Waals surface area contributed by atoms with E-state index in [0.717, 1.165) is 23.6 Å². The molecule has 3 rings (SSSR count). The molecule has 0 unspecified atom stereocenters. The first-order valence-corrected chi connectivity index (χ1v) is 9.12. The lowest BCUT2D eigenvalue weighted by Gasteiger charge is -2.33. The highest BCUT2D eigenvalue weighted by Gasteiger charge is 2.28. The third-order valence-corrected chi connectivity index (χ3v) is 6.19. The van der Waals surface area contributed by atoms with Crippen molar-refractivity contribution >= 4 is 10.0 Å². The molecule has 2 heterocycles. The van der Waals surface area contributed by atoms with Crippen LogP contribution in [0.4, 0.5) is 0 Å². The van der Waals surface area contributed by atoms with Crippen LogP contribution in [-0.2, 0) is 16.6 Å². The number of aromatic nitrogens is 1. The van der Waals surface area contributed by atoms with E-state index in [2.05, 4.69) is 10.1 Å². The zero-order valence-electron chi connectivity index (χ0n) is 13.4. The van der Waals surface area contributed by atoms with Crippen molar-refractivity contribution < 1.29 is 12.9 Å². The van der Waals surface area contributed by atoms with Gasteiger partial charge in [0.15, 0.2) is 0 Å². The van der Waals surface area contributed by atoms with Crippen LogP contribution < -0.4 is 0 Å². The Kier molecular flexibility index (Phi) is 4.52. The standard InChI is InChI=1S/C16H21N3O3S/c1-13-16(14(2)22-17-13)12-18-8-10-19(11-9-18)23(20,21)15-6-4-3-5-7-15/h3-7H,8-12H2,1-2H3. The van der Waals surface area contributed by atoms with Crippen molar-refractivity contribution in [2.45, 2.75) is 25.3 Å². The summed E-state index contributed by atoms with van der Waals surface area (Å²) < 4.78 is 32.0. The van der Waals surface area contributed by atoms with Crippen molar-refractivity contribution in [3.05, 3.63) is 47.3 Å². The van der Waals surface area contributed by atoms with Crippen LogP contribution in [-0.4, -0.2) is 49.0 Å². The van der Waals surface area contributed by atoms with Crippen LogP contribution in [0.3, 0.4) is 0 Å². The largest absolute Gasteiger partial charge is 0.361 e. The molecule has 124 valence electrons. The predicted octanol–water partition coefficient (Wildman–Crippen LogP) is 1.80. The molecule has 2 aromatic rings. The Labute approximate surface area is 136 Å². The van der Waals surface area contributed by atoms with Crippen LogP contribution in [0.25, 0.3) is 0 Å². The molecule has 7 heteroatoms. The Morgan fingerprint density at radius 3 is 2.30 bits per heavy atom. The minimum absolute atomic E-state index is 0.360. The van der Waals surface area contributed by atoms with Gasteiger partial charge in [-0.2, -0.15) is 4.31 Å². The zero-order valence-corrected chi connectivity index (χ0v) is 14.2. The zero-order chi connectivity index (χ0) is 16.4. The monoisotopic (exact) mass is 335 g/mol. The number of sulfonamides is 1. The van der Waals surface area contributed by atoms with Gasteiger partial charge in [-0.25, -0.2) is 8.42 Å². The first-order valence-electron chi connectivity index (χ1n) is 7.68. The fraction of sp³-hybridized carbons (Fsp3) is 0.438. The minimum Gasteiger partial charge on any atom is -0.361 e. The topological polar surface area (TPSA) is 66.7 Å². The molecule has 6 nitrogen and oxygen atoms in total. The van der Waals surface area contributed by atoms with E-state index in [1.54, 1.807) is 28.6 Å². The Morgan fingerprint density at radius 2 is 1.74 bits per heavy atom. The maximum Gasteiger partial charge on any atom is 0.243 e. The number of piperazine rings is 1. The van der Waals surface area contributed by atoms with Crippen LogP contribution in [0.1, 0.15) is 17.0 Å². The molecule has 0 atom stereocenters. The number of nitrogens with zero attached hydrogens (tertiary/aromatic N) is 3. The molecule has 1 aromatic carbocycles. The fourth-order valence-corrected chi connectivity index (χ4v) is 4.26. The summed E-state index contributed by atoms with van der Waals surface area (Å²) in [7, 11) is -3.39. The molecule has 23 heavy (non-hydrogen) atoms. The summed E-state index contributed by atoms with van der Waals surface area (Å²) >= 11 is 0. The van der Waals surface area contributed by atoms with E-state index in [9.17, 15) is 8.42 Å². The Balaban J connectivity index is 1.65. The summed E-state index contributed by atoms with van der Waals surface area (Å²) in [6, 6.07) is 8.61. The molecular weight excluding hydrogens is 314 g/mol. The van der Waals surface area contributed by atoms with Crippen molar-refractivity contribution in [3.8, 4) is 0 Å². The number of benzene rings is 1. The summed E-state index contributed by atoms with van der Waals surface area (Å²) in [5.41, 5.74) is 2.01. The van der Waals surface area contributed by atoms with E-state index in [-0.39, 0.29) is 0 Å². The van der Waals surface area contributed by atoms with Gasteiger partial charge < -0.3 is 4.52 Å². The molecule has 1 saturated heterocycles. The van der Waals surface area contributed by atoms with Gasteiger partial charge in [0.25, 0.3) is 0 Å². The highest BCUT2D eigenvalue weighted by molar-refractivity contribution is 7.89. The molecule has 0 bridgehead atoms. The minimum atomic E-state index is -3.39. The van der Waals surface area contributed by atoms with Crippen LogP contribution >= 0.6 is 0 Å². The van der Waals surface area contributed by atoms with Crippen LogP contribution in [0.5, 0.6) is 0 Å². The summed E-state index contributed by atoms with van der Waals surface area (Å²) in [6.07, 6.45) is 0. The highest BCUT2D eigenvalue weighted by atomic mass is 32.2. The van der Waals surface area contributed by atoms with E-state index in [4.69, 9.17) is 4.52 Å². The smallest absolute Gasteiger partial charge is 0.243 e. The average molecular weight is 335 g/mol. The number of hydrogen-bond acceptors (Lipinski definition) is 5. The van der Waals surface area contributed by atoms with Crippen LogP contribution in [0, 0.1) is 13.8 Å². The van der Waals surface area contributed by atoms with Crippen molar-refractivity contribution in [1.29, 1.82) is 0 Å². The molecular formula is C16H21N3O3S. The molecule has 0 radical (unpaired) electrons. The average Bonchev–Trinajstić information content (AvgIpc) is 2.88.